The molecule has 0 aromatic rings. The Morgan fingerprint density at radius 2 is 2.27 bits per heavy atom. The van der Waals surface area contributed by atoms with Crippen LogP contribution in [0.5, 0.6) is 0 Å². The van der Waals surface area contributed by atoms with Gasteiger partial charge in [-0.3, -0.25) is 0 Å². The fourth-order valence-corrected chi connectivity index (χ4v) is 1.15. The van der Waals surface area contributed by atoms with Gasteiger partial charge in [-0.1, -0.05) is 6.08 Å². The van der Waals surface area contributed by atoms with Crippen LogP contribution in [0.15, 0.2) is 12.7 Å². The second kappa shape index (κ2) is 4.88. The van der Waals surface area contributed by atoms with E-state index in [0.717, 1.165) is 0 Å². The van der Waals surface area contributed by atoms with Crippen LogP contribution in [0.25, 0.3) is 0 Å². The fraction of sp³-hybridized carbons (Fsp3) is 0.500. The number of nitrogens with zero attached hydrogens (tertiary/aromatic N) is 1. The number of nitrogens with one attached hydrogen (secondary N) is 1. The number of rotatable bonds is 5. The number of nitriles is 1. The minimum atomic E-state index is -3.36. The lowest BCUT2D eigenvalue weighted by Crippen LogP contribution is -2.26. The third-order valence-corrected chi connectivity index (χ3v) is 2.08. The fourth-order valence-electron chi connectivity index (χ4n) is 0.453. The van der Waals surface area contributed by atoms with Gasteiger partial charge in [0.15, 0.2) is 5.75 Å². The van der Waals surface area contributed by atoms with Crippen molar-refractivity contribution in [3.05, 3.63) is 12.7 Å². The van der Waals surface area contributed by atoms with Gasteiger partial charge in [-0.15, -0.1) is 6.58 Å². The van der Waals surface area contributed by atoms with Crippen molar-refractivity contribution in [2.45, 2.75) is 6.42 Å². The van der Waals surface area contributed by atoms with Gasteiger partial charge in [-0.05, 0) is 6.42 Å². The third kappa shape index (κ3) is 5.58. The Balaban J connectivity index is 3.76. The van der Waals surface area contributed by atoms with E-state index < -0.39 is 15.8 Å². The van der Waals surface area contributed by atoms with Crippen molar-refractivity contribution in [1.82, 2.24) is 4.72 Å². The van der Waals surface area contributed by atoms with Crippen molar-refractivity contribution in [3.63, 3.8) is 0 Å². The van der Waals surface area contributed by atoms with Crippen molar-refractivity contribution >= 4 is 10.0 Å². The van der Waals surface area contributed by atoms with E-state index in [-0.39, 0.29) is 0 Å². The molecule has 11 heavy (non-hydrogen) atoms. The summed E-state index contributed by atoms with van der Waals surface area (Å²) in [6, 6.07) is 1.56. The molecule has 1 N–H and O–H groups in total. The molecule has 62 valence electrons. The maximum Gasteiger partial charge on any atom is 0.225 e. The molecule has 0 aliphatic rings. The summed E-state index contributed by atoms with van der Waals surface area (Å²) in [4.78, 5) is 0. The van der Waals surface area contributed by atoms with E-state index in [4.69, 9.17) is 5.26 Å². The van der Waals surface area contributed by atoms with Gasteiger partial charge in [0.2, 0.25) is 10.0 Å². The standard InChI is InChI=1S/C6H10N2O2S/c1-2-3-5-8-11(9,10)6-4-7/h2,8H,1,3,5-6H2. The lowest BCUT2D eigenvalue weighted by Gasteiger charge is -1.98. The average molecular weight is 174 g/mol. The summed E-state index contributed by atoms with van der Waals surface area (Å²) in [5.41, 5.74) is 0. The van der Waals surface area contributed by atoms with E-state index in [2.05, 4.69) is 11.3 Å². The van der Waals surface area contributed by atoms with Gasteiger partial charge in [0.1, 0.15) is 0 Å². The predicted molar refractivity (Wildman–Crippen MR) is 42.2 cm³/mol. The molecule has 0 saturated carbocycles. The van der Waals surface area contributed by atoms with Crippen LogP contribution in [0.3, 0.4) is 0 Å². The molecular formula is C6H10N2O2S. The van der Waals surface area contributed by atoms with Crippen LogP contribution >= 0.6 is 0 Å². The van der Waals surface area contributed by atoms with Crippen molar-refractivity contribution in [2.75, 3.05) is 12.3 Å². The van der Waals surface area contributed by atoms with Gasteiger partial charge in [-0.25, -0.2) is 13.1 Å². The van der Waals surface area contributed by atoms with Crippen LogP contribution in [0.2, 0.25) is 0 Å². The summed E-state index contributed by atoms with van der Waals surface area (Å²) in [5.74, 6) is -0.482. The molecule has 0 bridgehead atoms. The quantitative estimate of drug-likeness (QED) is 0.471. The molecule has 0 atom stereocenters. The Morgan fingerprint density at radius 3 is 2.73 bits per heavy atom. The second-order valence-corrected chi connectivity index (χ2v) is 3.70. The minimum absolute atomic E-state index is 0.313. The monoisotopic (exact) mass is 174 g/mol. The zero-order valence-corrected chi connectivity index (χ0v) is 6.89. The Kier molecular flexibility index (Phi) is 4.50. The first-order valence-corrected chi connectivity index (χ1v) is 4.73. The summed E-state index contributed by atoms with van der Waals surface area (Å²) < 4.78 is 23.7. The third-order valence-electron chi connectivity index (χ3n) is 0.925. The van der Waals surface area contributed by atoms with Crippen LogP contribution in [0.4, 0.5) is 0 Å². The first-order valence-electron chi connectivity index (χ1n) is 3.07. The zero-order chi connectivity index (χ0) is 8.74. The molecule has 0 rings (SSSR count). The van der Waals surface area contributed by atoms with Crippen molar-refractivity contribution in [1.29, 1.82) is 5.26 Å². The largest absolute Gasteiger partial charge is 0.225 e. The first kappa shape index (κ1) is 10.1. The Labute approximate surface area is 66.6 Å². The average Bonchev–Trinajstić information content (AvgIpc) is 1.87. The minimum Gasteiger partial charge on any atom is -0.214 e. The Morgan fingerprint density at radius 1 is 1.64 bits per heavy atom. The first-order chi connectivity index (χ1) is 5.12. The van der Waals surface area contributed by atoms with Crippen molar-refractivity contribution in [3.8, 4) is 6.07 Å². The highest BCUT2D eigenvalue weighted by Crippen LogP contribution is 1.83. The van der Waals surface area contributed by atoms with Gasteiger partial charge in [0.25, 0.3) is 0 Å². The topological polar surface area (TPSA) is 70.0 Å². The Hall–Kier alpha value is -0.860. The molecule has 0 fully saturated rings. The van der Waals surface area contributed by atoms with Crippen LogP contribution < -0.4 is 4.72 Å². The van der Waals surface area contributed by atoms with Gasteiger partial charge >= 0.3 is 0 Å². The SMILES string of the molecule is C=CCCNS(=O)(=O)CC#N. The summed E-state index contributed by atoms with van der Waals surface area (Å²) in [6.45, 7) is 3.74. The molecule has 4 nitrogen and oxygen atoms in total. The molecule has 0 unspecified atom stereocenters. The molecule has 0 spiro atoms. The normalized spacial score (nSPS) is 10.5. The number of hydrogen-bond acceptors (Lipinski definition) is 3. The molecule has 0 aliphatic carbocycles. The number of sulfonamides is 1. The molecule has 0 radical (unpaired) electrons. The Bertz CT molecular complexity index is 250. The van der Waals surface area contributed by atoms with Crippen molar-refractivity contribution < 1.29 is 8.42 Å². The van der Waals surface area contributed by atoms with Gasteiger partial charge in [0, 0.05) is 6.54 Å². The molecule has 0 aliphatic heterocycles. The molecule has 0 saturated heterocycles. The van der Waals surface area contributed by atoms with Gasteiger partial charge in [0.05, 0.1) is 6.07 Å². The summed E-state index contributed by atoms with van der Waals surface area (Å²) in [7, 11) is -3.36. The molecule has 0 aromatic carbocycles. The molecular weight excluding hydrogens is 164 g/mol. The van der Waals surface area contributed by atoms with E-state index in [9.17, 15) is 8.42 Å². The van der Waals surface area contributed by atoms with Gasteiger partial charge < -0.3 is 0 Å². The highest BCUT2D eigenvalue weighted by molar-refractivity contribution is 7.89. The van der Waals surface area contributed by atoms with E-state index in [1.54, 1.807) is 12.1 Å². The summed E-state index contributed by atoms with van der Waals surface area (Å²) >= 11 is 0. The molecule has 0 aromatic heterocycles. The van der Waals surface area contributed by atoms with Crippen LogP contribution in [0, 0.1) is 11.3 Å². The van der Waals surface area contributed by atoms with E-state index >= 15 is 0 Å². The maximum absolute atomic E-state index is 10.7. The second-order valence-electron chi connectivity index (χ2n) is 1.89. The molecule has 0 amide bonds. The van der Waals surface area contributed by atoms with Crippen LogP contribution in [-0.4, -0.2) is 20.7 Å². The highest BCUT2D eigenvalue weighted by atomic mass is 32.2. The van der Waals surface area contributed by atoms with Crippen LogP contribution in [0.1, 0.15) is 6.42 Å². The van der Waals surface area contributed by atoms with E-state index in [0.29, 0.717) is 13.0 Å². The predicted octanol–water partition coefficient (Wildman–Crippen LogP) is 0.00548. The van der Waals surface area contributed by atoms with Crippen LogP contribution in [-0.2, 0) is 10.0 Å². The molecule has 0 heterocycles. The smallest absolute Gasteiger partial charge is 0.214 e. The summed E-state index contributed by atoms with van der Waals surface area (Å²) in [6.07, 6.45) is 2.18. The van der Waals surface area contributed by atoms with E-state index in [1.165, 1.54) is 0 Å². The molecule has 5 heteroatoms. The van der Waals surface area contributed by atoms with Gasteiger partial charge in [-0.2, -0.15) is 5.26 Å². The summed E-state index contributed by atoms with van der Waals surface area (Å²) in [5, 5.41) is 8.07. The number of hydrogen-bond donors (Lipinski definition) is 1. The van der Waals surface area contributed by atoms with Crippen molar-refractivity contribution in [2.24, 2.45) is 0 Å². The highest BCUT2D eigenvalue weighted by Gasteiger charge is 2.06. The maximum atomic E-state index is 10.7. The lowest BCUT2D eigenvalue weighted by molar-refractivity contribution is 0.585. The lowest BCUT2D eigenvalue weighted by atomic mass is 10.4. The van der Waals surface area contributed by atoms with E-state index in [1.807, 2.05) is 0 Å². The zero-order valence-electron chi connectivity index (χ0n) is 6.08.